The van der Waals surface area contributed by atoms with Crippen molar-refractivity contribution in [3.63, 3.8) is 0 Å². The Morgan fingerprint density at radius 1 is 1.03 bits per heavy atom. The number of ether oxygens (including phenoxy) is 1. The average Bonchev–Trinajstić information content (AvgIpc) is 3.01. The van der Waals surface area contributed by atoms with Crippen LogP contribution in [-0.2, 0) is 40.0 Å². The fourth-order valence-corrected chi connectivity index (χ4v) is 5.05. The summed E-state index contributed by atoms with van der Waals surface area (Å²) in [5.74, 6) is -0.454. The first-order valence-corrected chi connectivity index (χ1v) is 11.4. The van der Waals surface area contributed by atoms with Crippen molar-refractivity contribution in [2.24, 2.45) is 11.8 Å². The van der Waals surface area contributed by atoms with Crippen LogP contribution in [-0.4, -0.2) is 41.8 Å². The van der Waals surface area contributed by atoms with Gasteiger partial charge in [-0.3, -0.25) is 9.59 Å². The highest BCUT2D eigenvalue weighted by atomic mass is 16.5. The van der Waals surface area contributed by atoms with Crippen molar-refractivity contribution in [2.75, 3.05) is 13.7 Å². The number of aliphatic hydroxyl groups is 2. The minimum Gasteiger partial charge on any atom is -0.469 e. The molecule has 0 heterocycles. The number of hydrogen-bond acceptors (Lipinski definition) is 5. The lowest BCUT2D eigenvalue weighted by Crippen LogP contribution is -2.25. The molecule has 0 saturated heterocycles. The topological polar surface area (TPSA) is 83.8 Å². The van der Waals surface area contributed by atoms with E-state index in [1.807, 2.05) is 32.0 Å². The van der Waals surface area contributed by atoms with Crippen molar-refractivity contribution >= 4 is 11.8 Å². The van der Waals surface area contributed by atoms with Crippen LogP contribution in [0.1, 0.15) is 46.2 Å². The van der Waals surface area contributed by atoms with Gasteiger partial charge in [-0.25, -0.2) is 0 Å². The van der Waals surface area contributed by atoms with Crippen LogP contribution in [0, 0.1) is 25.7 Å². The molecule has 5 nitrogen and oxygen atoms in total. The average molecular weight is 439 g/mol. The van der Waals surface area contributed by atoms with E-state index in [4.69, 9.17) is 4.74 Å². The lowest BCUT2D eigenvalue weighted by Gasteiger charge is -2.22. The smallest absolute Gasteiger partial charge is 0.305 e. The minimum atomic E-state index is -0.637. The summed E-state index contributed by atoms with van der Waals surface area (Å²) < 4.78 is 4.72. The second-order valence-electron chi connectivity index (χ2n) is 8.99. The van der Waals surface area contributed by atoms with Crippen molar-refractivity contribution in [1.82, 2.24) is 0 Å². The Morgan fingerprint density at radius 2 is 1.72 bits per heavy atom. The third-order valence-corrected chi connectivity index (χ3v) is 6.72. The summed E-state index contributed by atoms with van der Waals surface area (Å²) in [7, 11) is 1.39. The van der Waals surface area contributed by atoms with Gasteiger partial charge in [0.2, 0.25) is 0 Å². The Labute approximate surface area is 190 Å². The van der Waals surface area contributed by atoms with Gasteiger partial charge in [-0.1, -0.05) is 36.4 Å². The van der Waals surface area contributed by atoms with Gasteiger partial charge in [0.1, 0.15) is 5.78 Å². The third kappa shape index (κ3) is 5.84. The van der Waals surface area contributed by atoms with Crippen LogP contribution in [0.5, 0.6) is 0 Å². The Morgan fingerprint density at radius 3 is 2.38 bits per heavy atom. The standard InChI is InChI=1S/C27H34O5/c1-17-11-21(12-18(2)22(17)9-10-28)15-24-23(25(29)16-26(24)30)14-20-6-4-5-19(13-20)7-8-27(31)32-3/h4-6,11-13,23-25,28-29H,7-10,14-16H2,1-3H3/t23-,24?,25?/m1/s1. The van der Waals surface area contributed by atoms with Crippen molar-refractivity contribution in [1.29, 1.82) is 0 Å². The molecule has 0 amide bonds. The normalized spacial score (nSPS) is 20.5. The highest BCUT2D eigenvalue weighted by molar-refractivity contribution is 5.84. The van der Waals surface area contributed by atoms with E-state index in [1.165, 1.54) is 7.11 Å². The maximum Gasteiger partial charge on any atom is 0.305 e. The number of rotatable bonds is 9. The molecule has 3 atom stereocenters. The van der Waals surface area contributed by atoms with E-state index in [0.717, 1.165) is 33.4 Å². The zero-order chi connectivity index (χ0) is 23.3. The number of hydrogen-bond donors (Lipinski definition) is 2. The number of Topliss-reactive ketones (excluding diaryl/α,β-unsaturated/α-hetero) is 1. The largest absolute Gasteiger partial charge is 0.469 e. The SMILES string of the molecule is COC(=O)CCc1cccc(C[C@H]2C(O)CC(=O)C2Cc2cc(C)c(CCO)c(C)c2)c1. The second-order valence-corrected chi connectivity index (χ2v) is 8.99. The van der Waals surface area contributed by atoms with Gasteiger partial charge in [0, 0.05) is 25.4 Å². The summed E-state index contributed by atoms with van der Waals surface area (Å²) in [6, 6.07) is 12.3. The molecule has 0 aromatic heterocycles. The molecule has 2 N–H and O–H groups in total. The van der Waals surface area contributed by atoms with Crippen LogP contribution < -0.4 is 0 Å². The van der Waals surface area contributed by atoms with E-state index in [2.05, 4.69) is 18.2 Å². The van der Waals surface area contributed by atoms with Gasteiger partial charge in [-0.15, -0.1) is 0 Å². The molecule has 1 aliphatic rings. The summed E-state index contributed by atoms with van der Waals surface area (Å²) in [5, 5.41) is 20.0. The first-order chi connectivity index (χ1) is 15.3. The van der Waals surface area contributed by atoms with Crippen molar-refractivity contribution < 1.29 is 24.5 Å². The lowest BCUT2D eigenvalue weighted by atomic mass is 9.83. The summed E-state index contributed by atoms with van der Waals surface area (Å²) in [4.78, 5) is 24.2. The number of ketones is 1. The Hall–Kier alpha value is -2.50. The summed E-state index contributed by atoms with van der Waals surface area (Å²) in [5.41, 5.74) is 6.65. The fourth-order valence-electron chi connectivity index (χ4n) is 5.05. The van der Waals surface area contributed by atoms with Gasteiger partial charge in [-0.2, -0.15) is 0 Å². The van der Waals surface area contributed by atoms with E-state index in [9.17, 15) is 19.8 Å². The van der Waals surface area contributed by atoms with Gasteiger partial charge in [0.15, 0.2) is 0 Å². The highest BCUT2D eigenvalue weighted by Crippen LogP contribution is 2.35. The van der Waals surface area contributed by atoms with Gasteiger partial charge < -0.3 is 14.9 Å². The quantitative estimate of drug-likeness (QED) is 0.587. The van der Waals surface area contributed by atoms with Crippen LogP contribution in [0.3, 0.4) is 0 Å². The zero-order valence-corrected chi connectivity index (χ0v) is 19.3. The fraction of sp³-hybridized carbons (Fsp3) is 0.481. The predicted molar refractivity (Wildman–Crippen MR) is 124 cm³/mol. The number of aryl methyl sites for hydroxylation is 3. The summed E-state index contributed by atoms with van der Waals surface area (Å²) >= 11 is 0. The molecule has 1 fully saturated rings. The van der Waals surface area contributed by atoms with Gasteiger partial charge >= 0.3 is 5.97 Å². The molecular formula is C27H34O5. The van der Waals surface area contributed by atoms with E-state index >= 15 is 0 Å². The molecule has 3 rings (SSSR count). The number of esters is 1. The van der Waals surface area contributed by atoms with Crippen LogP contribution in [0.25, 0.3) is 0 Å². The first kappa shape index (κ1) is 24.1. The van der Waals surface area contributed by atoms with Gasteiger partial charge in [0.05, 0.1) is 13.2 Å². The van der Waals surface area contributed by atoms with E-state index in [0.29, 0.717) is 32.1 Å². The molecule has 32 heavy (non-hydrogen) atoms. The maximum atomic E-state index is 12.8. The molecule has 1 saturated carbocycles. The zero-order valence-electron chi connectivity index (χ0n) is 19.3. The first-order valence-electron chi connectivity index (χ1n) is 11.4. The van der Waals surface area contributed by atoms with E-state index in [-0.39, 0.29) is 36.6 Å². The van der Waals surface area contributed by atoms with Gasteiger partial charge in [0.25, 0.3) is 0 Å². The molecule has 0 bridgehead atoms. The van der Waals surface area contributed by atoms with E-state index < -0.39 is 6.10 Å². The molecule has 1 aliphatic carbocycles. The number of aliphatic hydroxyl groups excluding tert-OH is 2. The third-order valence-electron chi connectivity index (χ3n) is 6.72. The number of benzene rings is 2. The maximum absolute atomic E-state index is 12.8. The number of carbonyl (C=O) groups excluding carboxylic acids is 2. The summed E-state index contributed by atoms with van der Waals surface area (Å²) in [6.07, 6.45) is 2.38. The van der Waals surface area contributed by atoms with Crippen LogP contribution in [0.4, 0.5) is 0 Å². The molecule has 0 spiro atoms. The monoisotopic (exact) mass is 438 g/mol. The molecule has 2 unspecified atom stereocenters. The Bertz CT molecular complexity index is 941. The molecular weight excluding hydrogens is 404 g/mol. The molecule has 172 valence electrons. The molecule has 2 aromatic carbocycles. The van der Waals surface area contributed by atoms with Crippen molar-refractivity contribution in [3.05, 3.63) is 69.8 Å². The van der Waals surface area contributed by atoms with Crippen molar-refractivity contribution in [3.8, 4) is 0 Å². The summed E-state index contributed by atoms with van der Waals surface area (Å²) in [6.45, 7) is 4.21. The van der Waals surface area contributed by atoms with Gasteiger partial charge in [-0.05, 0) is 78.8 Å². The molecule has 2 aromatic rings. The minimum absolute atomic E-state index is 0.120. The van der Waals surface area contributed by atoms with E-state index in [1.54, 1.807) is 0 Å². The highest BCUT2D eigenvalue weighted by Gasteiger charge is 2.41. The van der Waals surface area contributed by atoms with Crippen molar-refractivity contribution in [2.45, 2.75) is 58.5 Å². The lowest BCUT2D eigenvalue weighted by molar-refractivity contribution is -0.140. The molecule has 0 aliphatic heterocycles. The molecule has 5 heteroatoms. The number of carbonyl (C=O) groups is 2. The van der Waals surface area contributed by atoms with Crippen LogP contribution in [0.2, 0.25) is 0 Å². The second kappa shape index (κ2) is 10.9. The van der Waals surface area contributed by atoms with Crippen LogP contribution >= 0.6 is 0 Å². The number of methoxy groups -OCH3 is 1. The Balaban J connectivity index is 1.75. The van der Waals surface area contributed by atoms with Crippen LogP contribution in [0.15, 0.2) is 36.4 Å². The predicted octanol–water partition coefficient (Wildman–Crippen LogP) is 3.30. The molecule has 0 radical (unpaired) electrons. The Kier molecular flexibility index (Phi) is 8.21.